The van der Waals surface area contributed by atoms with Crippen LogP contribution in [0.3, 0.4) is 0 Å². The summed E-state index contributed by atoms with van der Waals surface area (Å²) in [4.78, 5) is 16.2. The number of rotatable bonds is 5. The van der Waals surface area contributed by atoms with Gasteiger partial charge in [-0.05, 0) is 24.6 Å². The molecule has 4 rings (SSSR count). The van der Waals surface area contributed by atoms with Crippen LogP contribution in [0.15, 0.2) is 36.8 Å². The van der Waals surface area contributed by atoms with Gasteiger partial charge in [-0.15, -0.1) is 0 Å². The molecule has 3 heterocycles. The van der Waals surface area contributed by atoms with Gasteiger partial charge in [0.1, 0.15) is 0 Å². The smallest absolute Gasteiger partial charge is 0.351 e. The summed E-state index contributed by atoms with van der Waals surface area (Å²) < 4.78 is 66.5. The summed E-state index contributed by atoms with van der Waals surface area (Å²) in [7, 11) is 0. The number of nitrogens with one attached hydrogen (secondary N) is 2. The lowest BCUT2D eigenvalue weighted by Crippen LogP contribution is -2.21. The molecule has 0 aromatic carbocycles. The first-order valence-electron chi connectivity index (χ1n) is 8.89. The molecular weight excluding hydrogens is 411 g/mol. The zero-order chi connectivity index (χ0) is 21.4. The number of alkyl halides is 5. The molecule has 1 aliphatic rings. The van der Waals surface area contributed by atoms with Crippen molar-refractivity contribution in [3.05, 3.63) is 42.5 Å². The van der Waals surface area contributed by atoms with Gasteiger partial charge in [0.15, 0.2) is 5.69 Å². The van der Waals surface area contributed by atoms with Gasteiger partial charge in [-0.2, -0.15) is 33.2 Å². The molecule has 3 aromatic heterocycles. The minimum atomic E-state index is -4.63. The van der Waals surface area contributed by atoms with Crippen molar-refractivity contribution < 1.29 is 22.0 Å². The van der Waals surface area contributed by atoms with Gasteiger partial charge in [-0.1, -0.05) is 0 Å². The predicted octanol–water partition coefficient (Wildman–Crippen LogP) is 3.81. The van der Waals surface area contributed by atoms with Gasteiger partial charge < -0.3 is 10.6 Å². The summed E-state index contributed by atoms with van der Waals surface area (Å²) in [5.41, 5.74) is -0.548. The molecule has 8 nitrogen and oxygen atoms in total. The Morgan fingerprint density at radius 3 is 2.40 bits per heavy atom. The zero-order valence-corrected chi connectivity index (χ0v) is 15.2. The van der Waals surface area contributed by atoms with Crippen LogP contribution in [0, 0.1) is 0 Å². The Hall–Kier alpha value is -3.38. The number of nitrogens with zero attached hydrogens (tertiary/aromatic N) is 6. The van der Waals surface area contributed by atoms with Gasteiger partial charge in [0.25, 0.3) is 5.95 Å². The van der Waals surface area contributed by atoms with E-state index >= 15 is 0 Å². The molecule has 3 aromatic rings. The average Bonchev–Trinajstić information content (AvgIpc) is 3.29. The molecule has 158 valence electrons. The standard InChI is InChI=1S/C17H15F5N8/c18-16(19)5-1-11(9-16)25-14-26-13(24-10-2-6-23-7-3-10)27-15(28-14)30-8-4-12(29-30)17(20,21)22/h2-4,6-8,11H,1,5,9H2,(H2,23,24,25,26,27,28). The second-order valence-corrected chi connectivity index (χ2v) is 6.73. The van der Waals surface area contributed by atoms with Crippen molar-refractivity contribution in [3.63, 3.8) is 0 Å². The first-order chi connectivity index (χ1) is 14.2. The van der Waals surface area contributed by atoms with Crippen LogP contribution in [0.4, 0.5) is 39.5 Å². The lowest BCUT2D eigenvalue weighted by atomic mass is 10.2. The summed E-state index contributed by atoms with van der Waals surface area (Å²) in [5, 5.41) is 9.14. The molecule has 0 bridgehead atoms. The van der Waals surface area contributed by atoms with E-state index in [1.165, 1.54) is 12.4 Å². The largest absolute Gasteiger partial charge is 0.435 e. The molecule has 0 amide bonds. The average molecular weight is 426 g/mol. The van der Waals surface area contributed by atoms with Crippen LogP contribution < -0.4 is 10.6 Å². The van der Waals surface area contributed by atoms with E-state index in [1.807, 2.05) is 0 Å². The molecule has 1 atom stereocenters. The highest BCUT2D eigenvalue weighted by Crippen LogP contribution is 2.36. The van der Waals surface area contributed by atoms with Crippen molar-refractivity contribution in [2.75, 3.05) is 10.6 Å². The van der Waals surface area contributed by atoms with Crippen LogP contribution in [-0.4, -0.2) is 41.7 Å². The number of aromatic nitrogens is 6. The van der Waals surface area contributed by atoms with Crippen molar-refractivity contribution in [3.8, 4) is 5.95 Å². The maximum absolute atomic E-state index is 13.5. The van der Waals surface area contributed by atoms with Crippen LogP contribution in [0.5, 0.6) is 0 Å². The van der Waals surface area contributed by atoms with Crippen LogP contribution in [0.2, 0.25) is 0 Å². The Morgan fingerprint density at radius 2 is 1.77 bits per heavy atom. The van der Waals surface area contributed by atoms with Crippen LogP contribution in [0.1, 0.15) is 25.0 Å². The SMILES string of the molecule is FC1(F)CCC(Nc2nc(Nc3ccncc3)nc(-n3ccc(C(F)(F)F)n3)n2)C1. The molecule has 0 radical (unpaired) electrons. The van der Waals surface area contributed by atoms with Crippen molar-refractivity contribution >= 4 is 17.6 Å². The molecule has 1 fully saturated rings. The van der Waals surface area contributed by atoms with Gasteiger partial charge in [0, 0.05) is 43.2 Å². The number of anilines is 3. The lowest BCUT2D eigenvalue weighted by Gasteiger charge is -2.14. The first kappa shape index (κ1) is 19.9. The predicted molar refractivity (Wildman–Crippen MR) is 95.7 cm³/mol. The van der Waals surface area contributed by atoms with Crippen LogP contribution >= 0.6 is 0 Å². The van der Waals surface area contributed by atoms with Gasteiger partial charge in [-0.25, -0.2) is 13.5 Å². The second kappa shape index (κ2) is 7.46. The highest BCUT2D eigenvalue weighted by Gasteiger charge is 2.39. The molecule has 1 unspecified atom stereocenters. The zero-order valence-electron chi connectivity index (χ0n) is 15.2. The number of hydrogen-bond acceptors (Lipinski definition) is 7. The van der Waals surface area contributed by atoms with E-state index < -0.39 is 23.8 Å². The maximum atomic E-state index is 13.5. The molecule has 0 spiro atoms. The monoisotopic (exact) mass is 426 g/mol. The van der Waals surface area contributed by atoms with E-state index in [1.54, 1.807) is 12.1 Å². The fourth-order valence-corrected chi connectivity index (χ4v) is 2.99. The number of halogens is 5. The molecule has 1 saturated carbocycles. The molecule has 0 saturated heterocycles. The minimum absolute atomic E-state index is 0.00233. The highest BCUT2D eigenvalue weighted by molar-refractivity contribution is 5.53. The molecule has 0 aliphatic heterocycles. The molecule has 1 aliphatic carbocycles. The van der Waals surface area contributed by atoms with Crippen LogP contribution in [0.25, 0.3) is 5.95 Å². The van der Waals surface area contributed by atoms with Crippen molar-refractivity contribution in [2.24, 2.45) is 0 Å². The fraction of sp³-hybridized carbons (Fsp3) is 0.353. The maximum Gasteiger partial charge on any atom is 0.435 e. The van der Waals surface area contributed by atoms with Crippen molar-refractivity contribution in [1.82, 2.24) is 29.7 Å². The quantitative estimate of drug-likeness (QED) is 0.599. The Kier molecular flexibility index (Phi) is 4.95. The molecular formula is C17H15F5N8. The minimum Gasteiger partial charge on any atom is -0.351 e. The third kappa shape index (κ3) is 4.60. The van der Waals surface area contributed by atoms with E-state index in [4.69, 9.17) is 0 Å². The molecule has 13 heteroatoms. The van der Waals surface area contributed by atoms with E-state index in [2.05, 4.69) is 35.7 Å². The molecule has 30 heavy (non-hydrogen) atoms. The highest BCUT2D eigenvalue weighted by atomic mass is 19.4. The van der Waals surface area contributed by atoms with Gasteiger partial charge in [-0.3, -0.25) is 4.98 Å². The van der Waals surface area contributed by atoms with Gasteiger partial charge in [0.05, 0.1) is 0 Å². The van der Waals surface area contributed by atoms with E-state index in [-0.39, 0.29) is 37.1 Å². The third-order valence-electron chi connectivity index (χ3n) is 4.38. The number of pyridine rings is 1. The van der Waals surface area contributed by atoms with Crippen molar-refractivity contribution in [1.29, 1.82) is 0 Å². The Bertz CT molecular complexity index is 1020. The van der Waals surface area contributed by atoms with E-state index in [0.29, 0.717) is 5.69 Å². The Labute approximate surface area is 166 Å². The van der Waals surface area contributed by atoms with Crippen LogP contribution in [-0.2, 0) is 6.18 Å². The summed E-state index contributed by atoms with van der Waals surface area (Å²) in [6, 6.07) is 3.46. The first-order valence-corrected chi connectivity index (χ1v) is 8.89. The van der Waals surface area contributed by atoms with E-state index in [9.17, 15) is 22.0 Å². The lowest BCUT2D eigenvalue weighted by molar-refractivity contribution is -0.141. The fourth-order valence-electron chi connectivity index (χ4n) is 2.99. The Balaban J connectivity index is 1.66. The summed E-state index contributed by atoms with van der Waals surface area (Å²) in [5.74, 6) is -3.04. The Morgan fingerprint density at radius 1 is 1.03 bits per heavy atom. The number of hydrogen-bond donors (Lipinski definition) is 2. The van der Waals surface area contributed by atoms with Gasteiger partial charge in [0.2, 0.25) is 17.8 Å². The third-order valence-corrected chi connectivity index (χ3v) is 4.38. The molecule has 2 N–H and O–H groups in total. The summed E-state index contributed by atoms with van der Waals surface area (Å²) in [6.45, 7) is 0. The summed E-state index contributed by atoms with van der Waals surface area (Å²) >= 11 is 0. The topological polar surface area (TPSA) is 93.4 Å². The van der Waals surface area contributed by atoms with Gasteiger partial charge >= 0.3 is 6.18 Å². The summed E-state index contributed by atoms with van der Waals surface area (Å²) in [6.07, 6.45) is -0.976. The normalized spacial score (nSPS) is 18.4. The second-order valence-electron chi connectivity index (χ2n) is 6.73. The van der Waals surface area contributed by atoms with E-state index in [0.717, 1.165) is 16.9 Å². The van der Waals surface area contributed by atoms with Crippen molar-refractivity contribution in [2.45, 2.75) is 37.4 Å².